The van der Waals surface area contributed by atoms with Crippen LogP contribution in [-0.4, -0.2) is 5.91 Å². The van der Waals surface area contributed by atoms with Crippen molar-refractivity contribution in [3.05, 3.63) is 74.4 Å². The number of nitrogens with one attached hydrogen (secondary N) is 1. The smallest absolute Gasteiger partial charge is 0.265 e. The zero-order valence-corrected chi connectivity index (χ0v) is 17.5. The second-order valence-electron chi connectivity index (χ2n) is 7.07. The molecule has 0 unspecified atom stereocenters. The number of hydrogen-bond acceptors (Lipinski definition) is 3. The Hall–Kier alpha value is -2.01. The molecule has 0 fully saturated rings. The number of benzene rings is 2. The number of rotatable bonds is 4. The third-order valence-corrected chi connectivity index (χ3v) is 5.84. The van der Waals surface area contributed by atoms with E-state index in [9.17, 15) is 4.79 Å². The van der Waals surface area contributed by atoms with Gasteiger partial charge in [-0.05, 0) is 60.0 Å². The molecule has 1 amide bonds. The molecule has 27 heavy (non-hydrogen) atoms. The monoisotopic (exact) mass is 419 g/mol. The highest BCUT2D eigenvalue weighted by Gasteiger charge is 2.18. The van der Waals surface area contributed by atoms with E-state index in [1.165, 1.54) is 16.2 Å². The number of anilines is 1. The summed E-state index contributed by atoms with van der Waals surface area (Å²) in [6, 6.07) is 16.0. The summed E-state index contributed by atoms with van der Waals surface area (Å²) >= 11 is 13.5. The van der Waals surface area contributed by atoms with Crippen molar-refractivity contribution in [1.29, 1.82) is 0 Å². The quantitative estimate of drug-likeness (QED) is 0.478. The summed E-state index contributed by atoms with van der Waals surface area (Å²) in [5, 5.41) is 3.89. The van der Waals surface area contributed by atoms with Crippen molar-refractivity contribution < 1.29 is 9.53 Å². The lowest BCUT2D eigenvalue weighted by molar-refractivity contribution is 0.103. The number of hydrogen-bond donors (Lipinski definition) is 1. The van der Waals surface area contributed by atoms with Crippen molar-refractivity contribution >= 4 is 46.1 Å². The van der Waals surface area contributed by atoms with Gasteiger partial charge >= 0.3 is 0 Å². The summed E-state index contributed by atoms with van der Waals surface area (Å²) in [7, 11) is 0. The average Bonchev–Trinajstić information content (AvgIpc) is 3.09. The van der Waals surface area contributed by atoms with Crippen LogP contribution in [0.1, 0.15) is 35.3 Å². The van der Waals surface area contributed by atoms with Crippen LogP contribution < -0.4 is 10.1 Å². The van der Waals surface area contributed by atoms with E-state index in [4.69, 9.17) is 27.9 Å². The summed E-state index contributed by atoms with van der Waals surface area (Å²) in [6.45, 7) is 6.39. The van der Waals surface area contributed by atoms with E-state index < -0.39 is 0 Å². The third kappa shape index (κ3) is 5.04. The Morgan fingerprint density at radius 2 is 1.70 bits per heavy atom. The van der Waals surface area contributed by atoms with E-state index in [1.807, 2.05) is 12.1 Å². The highest BCUT2D eigenvalue weighted by molar-refractivity contribution is 7.14. The molecule has 6 heteroatoms. The lowest BCUT2D eigenvalue weighted by atomic mass is 9.95. The Balaban J connectivity index is 1.66. The molecule has 0 aliphatic rings. The Morgan fingerprint density at radius 3 is 2.30 bits per heavy atom. The maximum atomic E-state index is 12.4. The molecule has 0 bridgehead atoms. The lowest BCUT2D eigenvalue weighted by Crippen LogP contribution is -2.10. The van der Waals surface area contributed by atoms with E-state index in [0.29, 0.717) is 32.1 Å². The van der Waals surface area contributed by atoms with Crippen LogP contribution in [0.15, 0.2) is 54.6 Å². The molecule has 0 aliphatic carbocycles. The van der Waals surface area contributed by atoms with E-state index in [0.717, 1.165) is 0 Å². The van der Waals surface area contributed by atoms with E-state index in [1.54, 1.807) is 42.5 Å². The van der Waals surface area contributed by atoms with Crippen molar-refractivity contribution in [2.45, 2.75) is 26.2 Å². The molecule has 3 rings (SSSR count). The Kier molecular flexibility index (Phi) is 5.80. The van der Waals surface area contributed by atoms with Crippen LogP contribution in [0.2, 0.25) is 10.0 Å². The van der Waals surface area contributed by atoms with Crippen molar-refractivity contribution in [3.63, 3.8) is 0 Å². The molecule has 2 aromatic carbocycles. The van der Waals surface area contributed by atoms with Gasteiger partial charge in [-0.15, -0.1) is 11.3 Å². The van der Waals surface area contributed by atoms with Crippen molar-refractivity contribution in [1.82, 2.24) is 0 Å². The summed E-state index contributed by atoms with van der Waals surface area (Å²) in [5.41, 5.74) is 0.728. The minimum absolute atomic E-state index is 0.0329. The predicted octanol–water partition coefficient (Wildman–Crippen LogP) is 7.40. The van der Waals surface area contributed by atoms with Crippen LogP contribution >= 0.6 is 34.5 Å². The van der Waals surface area contributed by atoms with Gasteiger partial charge in [0.15, 0.2) is 0 Å². The van der Waals surface area contributed by atoms with Gasteiger partial charge in [-0.1, -0.05) is 44.0 Å². The molecule has 1 aromatic heterocycles. The molecule has 1 heterocycles. The first-order chi connectivity index (χ1) is 12.7. The van der Waals surface area contributed by atoms with Crippen LogP contribution in [0.4, 0.5) is 5.69 Å². The molecular formula is C21H19Cl2NO2S. The number of carbonyl (C=O) groups is 1. The largest absolute Gasteiger partial charge is 0.456 e. The summed E-state index contributed by atoms with van der Waals surface area (Å²) in [5.74, 6) is 1.01. The van der Waals surface area contributed by atoms with Crippen LogP contribution in [0.3, 0.4) is 0 Å². The molecule has 3 aromatic rings. The summed E-state index contributed by atoms with van der Waals surface area (Å²) < 4.78 is 5.75. The lowest BCUT2D eigenvalue weighted by Gasteiger charge is -2.15. The molecule has 0 aliphatic heterocycles. The van der Waals surface area contributed by atoms with Crippen LogP contribution in [0.25, 0.3) is 0 Å². The van der Waals surface area contributed by atoms with Crippen molar-refractivity contribution in [2.75, 3.05) is 5.32 Å². The van der Waals surface area contributed by atoms with Crippen molar-refractivity contribution in [3.8, 4) is 11.5 Å². The molecule has 140 valence electrons. The fourth-order valence-electron chi connectivity index (χ4n) is 2.35. The van der Waals surface area contributed by atoms with E-state index >= 15 is 0 Å². The Bertz CT molecular complexity index is 959. The minimum Gasteiger partial charge on any atom is -0.456 e. The zero-order chi connectivity index (χ0) is 19.6. The highest BCUT2D eigenvalue weighted by Crippen LogP contribution is 2.32. The van der Waals surface area contributed by atoms with Gasteiger partial charge in [0.05, 0.1) is 9.90 Å². The van der Waals surface area contributed by atoms with Crippen LogP contribution in [-0.2, 0) is 5.41 Å². The number of carbonyl (C=O) groups excluding carboxylic acids is 1. The third-order valence-electron chi connectivity index (χ3n) is 3.80. The standard InChI is InChI=1S/C21H19Cl2NO2S/c1-21(2,3)19-11-10-18(27-19)20(25)24-14-5-7-15(8-6-14)26-17-9-4-13(22)12-16(17)23/h4-12H,1-3H3,(H,24,25). The zero-order valence-electron chi connectivity index (χ0n) is 15.2. The van der Waals surface area contributed by atoms with Gasteiger partial charge in [0.1, 0.15) is 11.5 Å². The molecular weight excluding hydrogens is 401 g/mol. The average molecular weight is 420 g/mol. The van der Waals surface area contributed by atoms with Gasteiger partial charge in [0.25, 0.3) is 5.91 Å². The van der Waals surface area contributed by atoms with Gasteiger partial charge in [-0.3, -0.25) is 4.79 Å². The first kappa shape index (κ1) is 19.7. The number of ether oxygens (including phenoxy) is 1. The maximum absolute atomic E-state index is 12.4. The maximum Gasteiger partial charge on any atom is 0.265 e. The van der Waals surface area contributed by atoms with Gasteiger partial charge in [0, 0.05) is 15.6 Å². The SMILES string of the molecule is CC(C)(C)c1ccc(C(=O)Nc2ccc(Oc3ccc(Cl)cc3Cl)cc2)s1. The van der Waals surface area contributed by atoms with Gasteiger partial charge in [-0.25, -0.2) is 0 Å². The molecule has 0 saturated carbocycles. The van der Waals surface area contributed by atoms with E-state index in [2.05, 4.69) is 26.1 Å². The van der Waals surface area contributed by atoms with Gasteiger partial charge in [0.2, 0.25) is 0 Å². The summed E-state index contributed by atoms with van der Waals surface area (Å²) in [4.78, 5) is 14.3. The summed E-state index contributed by atoms with van der Waals surface area (Å²) in [6.07, 6.45) is 0. The topological polar surface area (TPSA) is 38.3 Å². The Morgan fingerprint density at radius 1 is 1.00 bits per heavy atom. The predicted molar refractivity (Wildman–Crippen MR) is 114 cm³/mol. The number of thiophene rings is 1. The molecule has 0 radical (unpaired) electrons. The second kappa shape index (κ2) is 7.93. The molecule has 0 saturated heterocycles. The number of amides is 1. The fourth-order valence-corrected chi connectivity index (χ4v) is 3.75. The van der Waals surface area contributed by atoms with Crippen molar-refractivity contribution in [2.24, 2.45) is 0 Å². The molecule has 3 nitrogen and oxygen atoms in total. The normalized spacial score (nSPS) is 11.3. The first-order valence-corrected chi connectivity index (χ1v) is 9.94. The highest BCUT2D eigenvalue weighted by atomic mass is 35.5. The Labute approximate surface area is 172 Å². The first-order valence-electron chi connectivity index (χ1n) is 8.37. The molecule has 0 atom stereocenters. The van der Waals surface area contributed by atoms with Crippen LogP contribution in [0.5, 0.6) is 11.5 Å². The molecule has 0 spiro atoms. The molecule has 1 N–H and O–H groups in total. The second-order valence-corrected chi connectivity index (χ2v) is 9.00. The van der Waals surface area contributed by atoms with E-state index in [-0.39, 0.29) is 11.3 Å². The number of halogens is 2. The van der Waals surface area contributed by atoms with Gasteiger partial charge < -0.3 is 10.1 Å². The fraction of sp³-hybridized carbons (Fsp3) is 0.190. The minimum atomic E-state index is -0.120. The van der Waals surface area contributed by atoms with Crippen LogP contribution in [0, 0.1) is 0 Å². The van der Waals surface area contributed by atoms with Gasteiger partial charge in [-0.2, -0.15) is 0 Å².